The van der Waals surface area contributed by atoms with Gasteiger partial charge in [-0.1, -0.05) is 44.7 Å². The van der Waals surface area contributed by atoms with Crippen LogP contribution >= 0.6 is 31.9 Å². The van der Waals surface area contributed by atoms with Crippen molar-refractivity contribution in [2.24, 2.45) is 17.8 Å². The van der Waals surface area contributed by atoms with Crippen molar-refractivity contribution in [2.75, 3.05) is 0 Å². The molecule has 0 bridgehead atoms. The third-order valence-electron chi connectivity index (χ3n) is 2.96. The van der Waals surface area contributed by atoms with Gasteiger partial charge in [-0.3, -0.25) is 0 Å². The van der Waals surface area contributed by atoms with E-state index in [1.807, 2.05) is 0 Å². The molecule has 0 aliphatic heterocycles. The third-order valence-corrected chi connectivity index (χ3v) is 4.32. The fraction of sp³-hybridized carbons (Fsp3) is 1.00. The second-order valence-electron chi connectivity index (χ2n) is 3.59. The lowest BCUT2D eigenvalue weighted by molar-refractivity contribution is 0.361. The lowest BCUT2D eigenvalue weighted by atomic mass is 9.91. The van der Waals surface area contributed by atoms with Gasteiger partial charge in [-0.25, -0.2) is 0 Å². The van der Waals surface area contributed by atoms with E-state index >= 15 is 0 Å². The molecule has 3 atom stereocenters. The van der Waals surface area contributed by atoms with Gasteiger partial charge < -0.3 is 0 Å². The quantitative estimate of drug-likeness (QED) is 0.638. The van der Waals surface area contributed by atoms with Crippen LogP contribution in [0.3, 0.4) is 0 Å². The molecular weight excluding hydrogens is 256 g/mol. The molecule has 2 aliphatic carbocycles. The van der Waals surface area contributed by atoms with Gasteiger partial charge >= 0.3 is 0 Å². The minimum atomic E-state index is 0.579. The fourth-order valence-electron chi connectivity index (χ4n) is 2.27. The highest BCUT2D eigenvalue weighted by atomic mass is 79.9. The van der Waals surface area contributed by atoms with Crippen LogP contribution in [0.25, 0.3) is 0 Å². The summed E-state index contributed by atoms with van der Waals surface area (Å²) >= 11 is 7.24. The number of hydrogen-bond donors (Lipinski definition) is 0. The van der Waals surface area contributed by atoms with Crippen molar-refractivity contribution in [3.05, 3.63) is 0 Å². The lowest BCUT2D eigenvalue weighted by Gasteiger charge is -2.22. The number of fused-ring (bicyclic) bond motifs is 1. The summed E-state index contributed by atoms with van der Waals surface area (Å²) in [7, 11) is 0. The zero-order valence-corrected chi connectivity index (χ0v) is 9.07. The van der Waals surface area contributed by atoms with Crippen LogP contribution in [0.4, 0.5) is 0 Å². The summed E-state index contributed by atoms with van der Waals surface area (Å²) in [6.45, 7) is 0. The zero-order valence-electron chi connectivity index (χ0n) is 5.89. The molecule has 10 heavy (non-hydrogen) atoms. The molecule has 0 unspecified atom stereocenters. The molecule has 58 valence electrons. The normalized spacial score (nSPS) is 45.3. The molecule has 0 amide bonds. The van der Waals surface area contributed by atoms with Crippen LogP contribution in [-0.2, 0) is 0 Å². The average Bonchev–Trinajstić information content (AvgIpc) is 2.63. The Hall–Kier alpha value is 0.960. The summed E-state index contributed by atoms with van der Waals surface area (Å²) in [6.07, 6.45) is 5.91. The van der Waals surface area contributed by atoms with Gasteiger partial charge in [0.25, 0.3) is 0 Å². The Morgan fingerprint density at radius 1 is 1.20 bits per heavy atom. The molecule has 0 N–H and O–H groups in total. The molecular formula is C8H12Br2. The van der Waals surface area contributed by atoms with Gasteiger partial charge in [0.1, 0.15) is 0 Å². The minimum Gasteiger partial charge on any atom is -0.0762 e. The molecule has 0 aromatic heterocycles. The standard InChI is InChI=1S/C8H12Br2/c9-8(10)6-3-1-2-5-4-7(5)6/h5-8H,1-4H2/t5-,6-,7+/m1/s1. The molecule has 2 heteroatoms. The first-order valence-electron chi connectivity index (χ1n) is 4.07. The summed E-state index contributed by atoms with van der Waals surface area (Å²) < 4.78 is 0.579. The van der Waals surface area contributed by atoms with Crippen LogP contribution in [0.5, 0.6) is 0 Å². The highest BCUT2D eigenvalue weighted by molar-refractivity contribution is 9.24. The number of halogens is 2. The Kier molecular flexibility index (Phi) is 2.11. The number of alkyl halides is 2. The Bertz CT molecular complexity index is 133. The van der Waals surface area contributed by atoms with E-state index in [1.54, 1.807) is 0 Å². The van der Waals surface area contributed by atoms with Crippen LogP contribution in [0.2, 0.25) is 0 Å². The first kappa shape index (κ1) is 7.60. The largest absolute Gasteiger partial charge is 0.0762 e. The summed E-state index contributed by atoms with van der Waals surface area (Å²) in [6, 6.07) is 0. The van der Waals surface area contributed by atoms with E-state index in [9.17, 15) is 0 Å². The molecule has 0 spiro atoms. The molecule has 2 rings (SSSR count). The van der Waals surface area contributed by atoms with Gasteiger partial charge in [0.15, 0.2) is 0 Å². The predicted octanol–water partition coefficient (Wildman–Crippen LogP) is 3.54. The molecule has 0 aromatic rings. The highest BCUT2D eigenvalue weighted by Crippen LogP contribution is 2.55. The summed E-state index contributed by atoms with van der Waals surface area (Å²) in [4.78, 5) is 0. The van der Waals surface area contributed by atoms with E-state index in [4.69, 9.17) is 0 Å². The SMILES string of the molecule is BrC(Br)[C@@H]1CCC[C@@H]2C[C@@H]21. The molecule has 0 heterocycles. The topological polar surface area (TPSA) is 0 Å². The maximum absolute atomic E-state index is 3.62. The highest BCUT2D eigenvalue weighted by Gasteiger charge is 2.46. The van der Waals surface area contributed by atoms with Crippen molar-refractivity contribution in [1.29, 1.82) is 0 Å². The summed E-state index contributed by atoms with van der Waals surface area (Å²) in [5.74, 6) is 3.10. The summed E-state index contributed by atoms with van der Waals surface area (Å²) in [5.41, 5.74) is 0. The second-order valence-corrected chi connectivity index (χ2v) is 6.79. The van der Waals surface area contributed by atoms with Crippen LogP contribution in [0.1, 0.15) is 25.7 Å². The van der Waals surface area contributed by atoms with E-state index in [-0.39, 0.29) is 0 Å². The molecule has 0 radical (unpaired) electrons. The molecule has 0 aromatic carbocycles. The first-order chi connectivity index (χ1) is 4.79. The molecule has 2 saturated carbocycles. The van der Waals surface area contributed by atoms with Crippen LogP contribution in [0.15, 0.2) is 0 Å². The van der Waals surface area contributed by atoms with Gasteiger partial charge in [-0.2, -0.15) is 0 Å². The van der Waals surface area contributed by atoms with E-state index in [0.717, 1.165) is 17.8 Å². The summed E-state index contributed by atoms with van der Waals surface area (Å²) in [5, 5.41) is 0. The molecule has 2 aliphatic rings. The predicted molar refractivity (Wildman–Crippen MR) is 50.6 cm³/mol. The van der Waals surface area contributed by atoms with Crippen molar-refractivity contribution < 1.29 is 0 Å². The van der Waals surface area contributed by atoms with Crippen molar-refractivity contribution in [3.63, 3.8) is 0 Å². The van der Waals surface area contributed by atoms with Gasteiger partial charge in [0, 0.05) is 0 Å². The van der Waals surface area contributed by atoms with E-state index in [1.165, 1.54) is 25.7 Å². The Morgan fingerprint density at radius 3 is 2.60 bits per heavy atom. The van der Waals surface area contributed by atoms with E-state index in [0.29, 0.717) is 3.74 Å². The maximum atomic E-state index is 3.62. The minimum absolute atomic E-state index is 0.579. The van der Waals surface area contributed by atoms with Gasteiger partial charge in [-0.15, -0.1) is 0 Å². The van der Waals surface area contributed by atoms with Crippen molar-refractivity contribution in [3.8, 4) is 0 Å². The van der Waals surface area contributed by atoms with Gasteiger partial charge in [0.2, 0.25) is 0 Å². The second kappa shape index (κ2) is 2.78. The van der Waals surface area contributed by atoms with Gasteiger partial charge in [0.05, 0.1) is 3.74 Å². The molecule has 0 saturated heterocycles. The Morgan fingerprint density at radius 2 is 2.00 bits per heavy atom. The van der Waals surface area contributed by atoms with Crippen molar-refractivity contribution in [2.45, 2.75) is 29.4 Å². The van der Waals surface area contributed by atoms with Crippen molar-refractivity contribution in [1.82, 2.24) is 0 Å². The smallest absolute Gasteiger partial charge is 0.0728 e. The zero-order chi connectivity index (χ0) is 7.14. The third kappa shape index (κ3) is 1.29. The van der Waals surface area contributed by atoms with E-state index in [2.05, 4.69) is 31.9 Å². The van der Waals surface area contributed by atoms with Crippen molar-refractivity contribution >= 4 is 31.9 Å². The average molecular weight is 268 g/mol. The van der Waals surface area contributed by atoms with Gasteiger partial charge in [-0.05, 0) is 30.6 Å². The van der Waals surface area contributed by atoms with Crippen LogP contribution in [-0.4, -0.2) is 3.74 Å². The fourth-order valence-corrected chi connectivity index (χ4v) is 3.58. The van der Waals surface area contributed by atoms with Crippen LogP contribution in [0, 0.1) is 17.8 Å². The number of rotatable bonds is 1. The molecule has 2 fully saturated rings. The number of hydrogen-bond acceptors (Lipinski definition) is 0. The van der Waals surface area contributed by atoms with E-state index < -0.39 is 0 Å². The van der Waals surface area contributed by atoms with Crippen LogP contribution < -0.4 is 0 Å². The first-order valence-corrected chi connectivity index (χ1v) is 5.90. The lowest BCUT2D eigenvalue weighted by Crippen LogP contribution is -2.15. The Balaban J connectivity index is 1.96. The maximum Gasteiger partial charge on any atom is 0.0728 e. The monoisotopic (exact) mass is 266 g/mol. The Labute approximate surface area is 79.0 Å². The molecule has 0 nitrogen and oxygen atoms in total.